The number of anilines is 1. The second-order valence-corrected chi connectivity index (χ2v) is 6.66. The van der Waals surface area contributed by atoms with Crippen molar-refractivity contribution < 1.29 is 8.42 Å². The molecule has 0 radical (unpaired) electrons. The third-order valence-electron chi connectivity index (χ3n) is 3.29. The normalized spacial score (nSPS) is 11.7. The van der Waals surface area contributed by atoms with Crippen molar-refractivity contribution in [2.75, 3.05) is 4.72 Å². The molecule has 3 aromatic rings. The fraction of sp³-hybridized carbons (Fsp3) is 0.133. The SMILES string of the molecule is Cc1ccc(S(=O)(=O)Nc2ccc3nc[nH]c3c2)c(C)c1. The average Bonchev–Trinajstić information content (AvgIpc) is 2.85. The first kappa shape index (κ1) is 13.6. The van der Waals surface area contributed by atoms with Gasteiger partial charge in [0.25, 0.3) is 10.0 Å². The van der Waals surface area contributed by atoms with Crippen molar-refractivity contribution in [2.45, 2.75) is 18.7 Å². The standard InChI is InChI=1S/C15H15N3O2S/c1-10-3-6-15(11(2)7-10)21(19,20)18-12-4-5-13-14(8-12)17-9-16-13/h3-9,18H,1-2H3,(H,16,17). The van der Waals surface area contributed by atoms with Crippen LogP contribution in [0.15, 0.2) is 47.6 Å². The molecule has 3 rings (SSSR count). The Hall–Kier alpha value is -2.34. The molecule has 0 aliphatic heterocycles. The Morgan fingerprint density at radius 3 is 2.67 bits per heavy atom. The van der Waals surface area contributed by atoms with Crippen molar-refractivity contribution in [3.63, 3.8) is 0 Å². The molecule has 5 nitrogen and oxygen atoms in total. The number of aryl methyl sites for hydroxylation is 2. The molecular weight excluding hydrogens is 286 g/mol. The molecular formula is C15H15N3O2S. The van der Waals surface area contributed by atoms with Crippen molar-refractivity contribution in [1.29, 1.82) is 0 Å². The molecule has 108 valence electrons. The van der Waals surface area contributed by atoms with Crippen molar-refractivity contribution >= 4 is 26.7 Å². The number of hydrogen-bond donors (Lipinski definition) is 2. The van der Waals surface area contributed by atoms with Gasteiger partial charge in [-0.15, -0.1) is 0 Å². The van der Waals surface area contributed by atoms with E-state index >= 15 is 0 Å². The lowest BCUT2D eigenvalue weighted by Gasteiger charge is -2.11. The predicted molar refractivity (Wildman–Crippen MR) is 82.8 cm³/mol. The van der Waals surface area contributed by atoms with Crippen LogP contribution < -0.4 is 4.72 Å². The summed E-state index contributed by atoms with van der Waals surface area (Å²) >= 11 is 0. The van der Waals surface area contributed by atoms with Gasteiger partial charge in [0, 0.05) is 0 Å². The van der Waals surface area contributed by atoms with Gasteiger partial charge in [0.15, 0.2) is 0 Å². The van der Waals surface area contributed by atoms with Gasteiger partial charge >= 0.3 is 0 Å². The molecule has 0 aliphatic carbocycles. The number of aromatic nitrogens is 2. The molecule has 2 N–H and O–H groups in total. The van der Waals surface area contributed by atoms with Gasteiger partial charge in [0.05, 0.1) is 27.9 Å². The average molecular weight is 301 g/mol. The zero-order valence-corrected chi connectivity index (χ0v) is 12.5. The van der Waals surface area contributed by atoms with Crippen LogP contribution in [0.1, 0.15) is 11.1 Å². The van der Waals surface area contributed by atoms with Gasteiger partial charge in [0.1, 0.15) is 0 Å². The number of sulfonamides is 1. The van der Waals surface area contributed by atoms with E-state index in [4.69, 9.17) is 0 Å². The van der Waals surface area contributed by atoms with E-state index in [0.29, 0.717) is 5.69 Å². The number of nitrogens with one attached hydrogen (secondary N) is 2. The Morgan fingerprint density at radius 1 is 1.10 bits per heavy atom. The maximum atomic E-state index is 12.5. The van der Waals surface area contributed by atoms with Gasteiger partial charge in [-0.05, 0) is 43.7 Å². The first-order chi connectivity index (χ1) is 9.95. The summed E-state index contributed by atoms with van der Waals surface area (Å²) in [5.74, 6) is 0. The molecule has 0 saturated heterocycles. The Morgan fingerprint density at radius 2 is 1.90 bits per heavy atom. The number of imidazole rings is 1. The number of rotatable bonds is 3. The number of nitrogens with zero attached hydrogens (tertiary/aromatic N) is 1. The first-order valence-electron chi connectivity index (χ1n) is 6.49. The molecule has 6 heteroatoms. The topological polar surface area (TPSA) is 74.8 Å². The molecule has 0 spiro atoms. The lowest BCUT2D eigenvalue weighted by molar-refractivity contribution is 0.600. The Kier molecular flexibility index (Phi) is 3.17. The highest BCUT2D eigenvalue weighted by Crippen LogP contribution is 2.22. The third-order valence-corrected chi connectivity index (χ3v) is 4.83. The van der Waals surface area contributed by atoms with E-state index in [0.717, 1.165) is 22.2 Å². The van der Waals surface area contributed by atoms with Crippen LogP contribution >= 0.6 is 0 Å². The maximum Gasteiger partial charge on any atom is 0.262 e. The molecule has 0 amide bonds. The van der Waals surface area contributed by atoms with E-state index in [1.165, 1.54) is 0 Å². The molecule has 0 unspecified atom stereocenters. The Labute approximate surface area is 123 Å². The maximum absolute atomic E-state index is 12.5. The van der Waals surface area contributed by atoms with Crippen LogP contribution in [0.25, 0.3) is 11.0 Å². The summed E-state index contributed by atoms with van der Waals surface area (Å²) in [6, 6.07) is 10.5. The largest absolute Gasteiger partial charge is 0.345 e. The number of fused-ring (bicyclic) bond motifs is 1. The summed E-state index contributed by atoms with van der Waals surface area (Å²) in [6.07, 6.45) is 1.58. The molecule has 1 heterocycles. The fourth-order valence-corrected chi connectivity index (χ4v) is 3.59. The minimum Gasteiger partial charge on any atom is -0.345 e. The minimum absolute atomic E-state index is 0.290. The molecule has 1 aromatic heterocycles. The van der Waals surface area contributed by atoms with Crippen LogP contribution in [0.5, 0.6) is 0 Å². The van der Waals surface area contributed by atoms with Crippen LogP contribution in [-0.4, -0.2) is 18.4 Å². The van der Waals surface area contributed by atoms with Crippen LogP contribution in [-0.2, 0) is 10.0 Å². The summed E-state index contributed by atoms with van der Waals surface area (Å²) in [5, 5.41) is 0. The molecule has 0 fully saturated rings. The quantitative estimate of drug-likeness (QED) is 0.781. The smallest absolute Gasteiger partial charge is 0.262 e. The van der Waals surface area contributed by atoms with Gasteiger partial charge in [-0.1, -0.05) is 17.7 Å². The van der Waals surface area contributed by atoms with Crippen molar-refractivity contribution in [3.05, 3.63) is 53.9 Å². The summed E-state index contributed by atoms with van der Waals surface area (Å²) in [6.45, 7) is 3.72. The van der Waals surface area contributed by atoms with Gasteiger partial charge in [0.2, 0.25) is 0 Å². The molecule has 0 bridgehead atoms. The van der Waals surface area contributed by atoms with E-state index in [2.05, 4.69) is 14.7 Å². The van der Waals surface area contributed by atoms with Crippen LogP contribution in [0.3, 0.4) is 0 Å². The number of benzene rings is 2. The highest BCUT2D eigenvalue weighted by atomic mass is 32.2. The first-order valence-corrected chi connectivity index (χ1v) is 7.97. The predicted octanol–water partition coefficient (Wildman–Crippen LogP) is 2.98. The van der Waals surface area contributed by atoms with E-state index in [-0.39, 0.29) is 4.90 Å². The monoisotopic (exact) mass is 301 g/mol. The van der Waals surface area contributed by atoms with Gasteiger partial charge in [-0.3, -0.25) is 4.72 Å². The molecule has 21 heavy (non-hydrogen) atoms. The highest BCUT2D eigenvalue weighted by Gasteiger charge is 2.17. The summed E-state index contributed by atoms with van der Waals surface area (Å²) in [4.78, 5) is 7.35. The van der Waals surface area contributed by atoms with Crippen LogP contribution in [0.4, 0.5) is 5.69 Å². The van der Waals surface area contributed by atoms with E-state index in [1.807, 2.05) is 13.0 Å². The number of H-pyrrole nitrogens is 1. The van der Waals surface area contributed by atoms with Crippen molar-refractivity contribution in [2.24, 2.45) is 0 Å². The van der Waals surface area contributed by atoms with Gasteiger partial charge in [-0.2, -0.15) is 0 Å². The van der Waals surface area contributed by atoms with Gasteiger partial charge in [-0.25, -0.2) is 13.4 Å². The third kappa shape index (κ3) is 2.62. The summed E-state index contributed by atoms with van der Waals surface area (Å²) in [7, 11) is -3.60. The second kappa shape index (κ2) is 4.89. The fourth-order valence-electron chi connectivity index (χ4n) is 2.31. The number of hydrogen-bond acceptors (Lipinski definition) is 3. The Bertz CT molecular complexity index is 914. The van der Waals surface area contributed by atoms with E-state index in [1.54, 1.807) is 43.6 Å². The highest BCUT2D eigenvalue weighted by molar-refractivity contribution is 7.92. The lowest BCUT2D eigenvalue weighted by Crippen LogP contribution is -2.14. The lowest BCUT2D eigenvalue weighted by atomic mass is 10.2. The summed E-state index contributed by atoms with van der Waals surface area (Å²) < 4.78 is 27.5. The molecule has 0 saturated carbocycles. The van der Waals surface area contributed by atoms with Crippen molar-refractivity contribution in [1.82, 2.24) is 9.97 Å². The Balaban J connectivity index is 1.98. The summed E-state index contributed by atoms with van der Waals surface area (Å²) in [5.41, 5.74) is 3.85. The van der Waals surface area contributed by atoms with E-state index in [9.17, 15) is 8.42 Å². The molecule has 0 atom stereocenters. The van der Waals surface area contributed by atoms with Crippen LogP contribution in [0, 0.1) is 13.8 Å². The molecule has 2 aromatic carbocycles. The zero-order valence-electron chi connectivity index (χ0n) is 11.7. The second-order valence-electron chi connectivity index (χ2n) is 5.01. The van der Waals surface area contributed by atoms with Crippen LogP contribution in [0.2, 0.25) is 0 Å². The van der Waals surface area contributed by atoms with E-state index < -0.39 is 10.0 Å². The number of aromatic amines is 1. The zero-order chi connectivity index (χ0) is 15.0. The van der Waals surface area contributed by atoms with Gasteiger partial charge < -0.3 is 4.98 Å². The molecule has 0 aliphatic rings. The van der Waals surface area contributed by atoms with Crippen molar-refractivity contribution in [3.8, 4) is 0 Å². The minimum atomic E-state index is -3.60.